The first-order chi connectivity index (χ1) is 10.8. The number of aromatic hydroxyl groups is 2. The maximum Gasteiger partial charge on any atom is 0.207 e. The fourth-order valence-electron chi connectivity index (χ4n) is 3.07. The zero-order valence-corrected chi connectivity index (χ0v) is 14.0. The summed E-state index contributed by atoms with van der Waals surface area (Å²) in [5, 5.41) is 23.6. The second-order valence-corrected chi connectivity index (χ2v) is 6.12. The van der Waals surface area contributed by atoms with Gasteiger partial charge in [0.1, 0.15) is 11.5 Å². The molecule has 0 fully saturated rings. The summed E-state index contributed by atoms with van der Waals surface area (Å²) in [6.45, 7) is 7.91. The molecule has 0 radical (unpaired) electrons. The molecule has 0 heterocycles. The van der Waals surface area contributed by atoms with Crippen molar-refractivity contribution in [3.63, 3.8) is 0 Å². The average Bonchev–Trinajstić information content (AvgIpc) is 2.48. The van der Waals surface area contributed by atoms with E-state index in [1.165, 1.54) is 0 Å². The molecule has 0 aromatic heterocycles. The molecule has 0 spiro atoms. The van der Waals surface area contributed by atoms with Gasteiger partial charge in [0.2, 0.25) is 6.41 Å². The highest BCUT2D eigenvalue weighted by atomic mass is 16.3. The van der Waals surface area contributed by atoms with Crippen molar-refractivity contribution >= 4 is 6.41 Å². The Balaban J connectivity index is 2.66. The lowest BCUT2D eigenvalue weighted by Gasteiger charge is -2.22. The smallest absolute Gasteiger partial charge is 0.207 e. The third kappa shape index (κ3) is 3.47. The molecular weight excluding hydrogens is 290 g/mol. The number of rotatable bonds is 5. The Bertz CT molecular complexity index is 680. The number of benzene rings is 2. The fourth-order valence-corrected chi connectivity index (χ4v) is 3.07. The molecule has 23 heavy (non-hydrogen) atoms. The summed E-state index contributed by atoms with van der Waals surface area (Å²) in [5.74, 6) is 0.0797. The number of phenolic OH excluding ortho intramolecular Hbond substituents is 2. The van der Waals surface area contributed by atoms with E-state index in [2.05, 4.69) is 5.32 Å². The molecule has 0 aliphatic heterocycles. The van der Waals surface area contributed by atoms with E-state index in [-0.39, 0.29) is 17.4 Å². The monoisotopic (exact) mass is 313 g/mol. The van der Waals surface area contributed by atoms with Crippen molar-refractivity contribution < 1.29 is 15.0 Å². The number of aryl methyl sites for hydroxylation is 4. The fraction of sp³-hybridized carbons (Fsp3) is 0.316. The van der Waals surface area contributed by atoms with Gasteiger partial charge < -0.3 is 15.5 Å². The minimum absolute atomic E-state index is 0.201. The molecule has 0 aliphatic rings. The van der Waals surface area contributed by atoms with Crippen LogP contribution in [0.1, 0.15) is 39.3 Å². The molecule has 1 amide bonds. The quantitative estimate of drug-likeness (QED) is 0.742. The van der Waals surface area contributed by atoms with Crippen LogP contribution >= 0.6 is 0 Å². The molecule has 2 aromatic carbocycles. The standard InChI is InChI=1S/C19H23NO3/c1-11-5-13(3)18(22)15(7-11)17(9-20-10-21)16-8-12(2)6-14(4)19(16)23/h5-8,10,17,22-23H,9H2,1-4H3,(H,20,21). The first-order valence-electron chi connectivity index (χ1n) is 7.62. The Morgan fingerprint density at radius 1 is 0.913 bits per heavy atom. The average molecular weight is 313 g/mol. The molecule has 0 saturated carbocycles. The van der Waals surface area contributed by atoms with Gasteiger partial charge in [0, 0.05) is 23.6 Å². The summed E-state index contributed by atoms with van der Waals surface area (Å²) < 4.78 is 0. The molecule has 0 unspecified atom stereocenters. The van der Waals surface area contributed by atoms with Crippen LogP contribution in [0.2, 0.25) is 0 Å². The van der Waals surface area contributed by atoms with Gasteiger partial charge in [-0.25, -0.2) is 0 Å². The predicted octanol–water partition coefficient (Wildman–Crippen LogP) is 3.21. The summed E-state index contributed by atoms with van der Waals surface area (Å²) in [4.78, 5) is 10.8. The van der Waals surface area contributed by atoms with Crippen molar-refractivity contribution in [2.75, 3.05) is 6.54 Å². The first-order valence-corrected chi connectivity index (χ1v) is 7.62. The molecule has 4 nitrogen and oxygen atoms in total. The third-order valence-corrected chi connectivity index (χ3v) is 4.10. The van der Waals surface area contributed by atoms with Crippen LogP contribution in [-0.4, -0.2) is 23.2 Å². The van der Waals surface area contributed by atoms with E-state index in [0.29, 0.717) is 24.1 Å². The van der Waals surface area contributed by atoms with Crippen molar-refractivity contribution in [2.45, 2.75) is 33.6 Å². The maximum absolute atomic E-state index is 10.8. The Kier molecular flexibility index (Phi) is 4.94. The number of hydrogen-bond acceptors (Lipinski definition) is 3. The molecule has 0 aliphatic carbocycles. The Hall–Kier alpha value is -2.49. The summed E-state index contributed by atoms with van der Waals surface area (Å²) in [6.07, 6.45) is 0.631. The molecule has 0 saturated heterocycles. The van der Waals surface area contributed by atoms with Gasteiger partial charge in [-0.2, -0.15) is 0 Å². The minimum Gasteiger partial charge on any atom is -0.507 e. The van der Waals surface area contributed by atoms with Gasteiger partial charge in [0.15, 0.2) is 0 Å². The number of phenols is 2. The molecule has 0 bridgehead atoms. The number of carbonyl (C=O) groups is 1. The van der Waals surface area contributed by atoms with Gasteiger partial charge in [-0.3, -0.25) is 4.79 Å². The third-order valence-electron chi connectivity index (χ3n) is 4.10. The van der Waals surface area contributed by atoms with Gasteiger partial charge >= 0.3 is 0 Å². The highest BCUT2D eigenvalue weighted by molar-refractivity contribution is 5.55. The molecule has 122 valence electrons. The van der Waals surface area contributed by atoms with Crippen LogP contribution in [0.4, 0.5) is 0 Å². The van der Waals surface area contributed by atoms with E-state index in [1.807, 2.05) is 52.0 Å². The van der Waals surface area contributed by atoms with E-state index in [9.17, 15) is 15.0 Å². The number of carbonyl (C=O) groups excluding carboxylic acids is 1. The predicted molar refractivity (Wildman–Crippen MR) is 91.1 cm³/mol. The Morgan fingerprint density at radius 2 is 1.35 bits per heavy atom. The van der Waals surface area contributed by atoms with Crippen molar-refractivity contribution in [1.82, 2.24) is 5.32 Å². The SMILES string of the molecule is Cc1cc(C)c(O)c(C(CNC=O)c2cc(C)cc(C)c2O)c1. The van der Waals surface area contributed by atoms with Crippen LogP contribution in [0.5, 0.6) is 11.5 Å². The van der Waals surface area contributed by atoms with Crippen LogP contribution in [-0.2, 0) is 4.79 Å². The summed E-state index contributed by atoms with van der Waals surface area (Å²) in [6, 6.07) is 7.61. The largest absolute Gasteiger partial charge is 0.507 e. The highest BCUT2D eigenvalue weighted by Gasteiger charge is 2.23. The van der Waals surface area contributed by atoms with Gasteiger partial charge in [0.25, 0.3) is 0 Å². The van der Waals surface area contributed by atoms with E-state index < -0.39 is 0 Å². The number of nitrogens with one attached hydrogen (secondary N) is 1. The van der Waals surface area contributed by atoms with Crippen LogP contribution in [0.15, 0.2) is 24.3 Å². The lowest BCUT2D eigenvalue weighted by atomic mass is 9.86. The van der Waals surface area contributed by atoms with Gasteiger partial charge in [0.05, 0.1) is 0 Å². The molecule has 4 heteroatoms. The second kappa shape index (κ2) is 6.73. The second-order valence-electron chi connectivity index (χ2n) is 6.12. The maximum atomic E-state index is 10.8. The van der Waals surface area contributed by atoms with Crippen molar-refractivity contribution in [3.05, 3.63) is 57.6 Å². The summed E-state index contributed by atoms with van der Waals surface area (Å²) in [5.41, 5.74) is 5.01. The summed E-state index contributed by atoms with van der Waals surface area (Å²) >= 11 is 0. The molecule has 2 rings (SSSR count). The molecular formula is C19H23NO3. The van der Waals surface area contributed by atoms with E-state index in [1.54, 1.807) is 0 Å². The Labute approximate surface area is 136 Å². The van der Waals surface area contributed by atoms with Crippen LogP contribution < -0.4 is 5.32 Å². The van der Waals surface area contributed by atoms with Crippen molar-refractivity contribution in [2.24, 2.45) is 0 Å². The van der Waals surface area contributed by atoms with Gasteiger partial charge in [-0.05, 0) is 38.8 Å². The Morgan fingerprint density at radius 3 is 1.74 bits per heavy atom. The zero-order chi connectivity index (χ0) is 17.1. The lowest BCUT2D eigenvalue weighted by Crippen LogP contribution is -2.21. The summed E-state index contributed by atoms with van der Waals surface area (Å²) in [7, 11) is 0. The van der Waals surface area contributed by atoms with Gasteiger partial charge in [-0.1, -0.05) is 35.4 Å². The van der Waals surface area contributed by atoms with E-state index in [0.717, 1.165) is 22.3 Å². The van der Waals surface area contributed by atoms with Crippen LogP contribution in [0.25, 0.3) is 0 Å². The lowest BCUT2D eigenvalue weighted by molar-refractivity contribution is -0.109. The molecule has 3 N–H and O–H groups in total. The van der Waals surface area contributed by atoms with Crippen molar-refractivity contribution in [3.8, 4) is 11.5 Å². The van der Waals surface area contributed by atoms with Crippen LogP contribution in [0, 0.1) is 27.7 Å². The van der Waals surface area contributed by atoms with Crippen molar-refractivity contribution in [1.29, 1.82) is 0 Å². The number of amides is 1. The minimum atomic E-state index is -0.322. The van der Waals surface area contributed by atoms with Gasteiger partial charge in [-0.15, -0.1) is 0 Å². The normalized spacial score (nSPS) is 10.8. The molecule has 0 atom stereocenters. The highest BCUT2D eigenvalue weighted by Crippen LogP contribution is 2.39. The topological polar surface area (TPSA) is 69.6 Å². The number of hydrogen-bond donors (Lipinski definition) is 3. The van der Waals surface area contributed by atoms with E-state index >= 15 is 0 Å². The molecule has 2 aromatic rings. The van der Waals surface area contributed by atoms with Crippen LogP contribution in [0.3, 0.4) is 0 Å². The zero-order valence-electron chi connectivity index (χ0n) is 14.0. The van der Waals surface area contributed by atoms with E-state index in [4.69, 9.17) is 0 Å². The first kappa shape index (κ1) is 16.9.